The fourth-order valence-electron chi connectivity index (χ4n) is 5.31. The zero-order valence-electron chi connectivity index (χ0n) is 22.0. The Kier molecular flexibility index (Phi) is 6.41. The zero-order valence-corrected chi connectivity index (χ0v) is 22.0. The molecule has 0 amide bonds. The summed E-state index contributed by atoms with van der Waals surface area (Å²) in [6.45, 7) is 1.67. The minimum atomic E-state index is -4.63. The van der Waals surface area contributed by atoms with Crippen molar-refractivity contribution in [2.24, 2.45) is 0 Å². The maximum atomic E-state index is 14.5. The number of halogens is 3. The minimum Gasteiger partial charge on any atom is -0.481 e. The van der Waals surface area contributed by atoms with Crippen LogP contribution in [0.3, 0.4) is 0 Å². The standard InChI is InChI=1S/C33H25F3N2O3/c1-20-29(37-27-13-7-12-25(28(27)33(34,35)36)21-8-3-2-4-9-21)30(41-38-20)26-11-6-5-10-24(26)22-14-16-23(17-15-22)32(18-19-32)31(39)40/h2-17,37H,18-19H2,1H3,(H,39,40). The van der Waals surface area contributed by atoms with Crippen molar-refractivity contribution in [2.45, 2.75) is 31.4 Å². The van der Waals surface area contributed by atoms with Crippen LogP contribution in [0.15, 0.2) is 102 Å². The molecule has 206 valence electrons. The van der Waals surface area contributed by atoms with Crippen molar-refractivity contribution in [3.8, 4) is 33.6 Å². The molecule has 1 heterocycles. The first-order valence-corrected chi connectivity index (χ1v) is 13.1. The summed E-state index contributed by atoms with van der Waals surface area (Å²) in [5.74, 6) is -0.530. The Labute approximate surface area is 234 Å². The van der Waals surface area contributed by atoms with Crippen LogP contribution < -0.4 is 5.32 Å². The van der Waals surface area contributed by atoms with Gasteiger partial charge in [0.2, 0.25) is 0 Å². The molecule has 0 saturated heterocycles. The fraction of sp³-hybridized carbons (Fsp3) is 0.152. The molecule has 0 unspecified atom stereocenters. The number of nitrogens with one attached hydrogen (secondary N) is 1. The van der Waals surface area contributed by atoms with Crippen molar-refractivity contribution in [3.05, 3.63) is 114 Å². The van der Waals surface area contributed by atoms with Crippen LogP contribution >= 0.6 is 0 Å². The highest BCUT2D eigenvalue weighted by Crippen LogP contribution is 2.49. The number of rotatable bonds is 7. The number of carboxylic acid groups (broad SMARTS) is 1. The highest BCUT2D eigenvalue weighted by molar-refractivity contribution is 5.90. The molecule has 5 aromatic rings. The number of carbonyl (C=O) groups is 1. The van der Waals surface area contributed by atoms with Gasteiger partial charge in [0, 0.05) is 5.56 Å². The van der Waals surface area contributed by atoms with Gasteiger partial charge in [-0.15, -0.1) is 0 Å². The summed E-state index contributed by atoms with van der Waals surface area (Å²) in [7, 11) is 0. The SMILES string of the molecule is Cc1noc(-c2ccccc2-c2ccc(C3(C(=O)O)CC3)cc2)c1Nc1cccc(-c2ccccc2)c1C(F)(F)F. The number of benzene rings is 4. The molecule has 0 spiro atoms. The average molecular weight is 555 g/mol. The highest BCUT2D eigenvalue weighted by Gasteiger charge is 2.51. The van der Waals surface area contributed by atoms with Gasteiger partial charge in [0.15, 0.2) is 5.76 Å². The zero-order chi connectivity index (χ0) is 28.8. The van der Waals surface area contributed by atoms with Gasteiger partial charge < -0.3 is 14.9 Å². The van der Waals surface area contributed by atoms with Crippen molar-refractivity contribution < 1.29 is 27.6 Å². The Bertz CT molecular complexity index is 1740. The second-order valence-corrected chi connectivity index (χ2v) is 10.2. The van der Waals surface area contributed by atoms with E-state index in [4.69, 9.17) is 4.52 Å². The smallest absolute Gasteiger partial charge is 0.419 e. The van der Waals surface area contributed by atoms with Crippen LogP contribution in [0, 0.1) is 6.92 Å². The summed E-state index contributed by atoms with van der Waals surface area (Å²) < 4.78 is 49.2. The largest absolute Gasteiger partial charge is 0.481 e. The molecule has 8 heteroatoms. The van der Waals surface area contributed by atoms with Crippen molar-refractivity contribution in [1.29, 1.82) is 0 Å². The Morgan fingerprint density at radius 1 is 0.829 bits per heavy atom. The topological polar surface area (TPSA) is 75.4 Å². The summed E-state index contributed by atoms with van der Waals surface area (Å²) in [5.41, 5.74) is 2.50. The molecule has 1 aromatic heterocycles. The second-order valence-electron chi connectivity index (χ2n) is 10.2. The number of hydrogen-bond acceptors (Lipinski definition) is 4. The van der Waals surface area contributed by atoms with Crippen LogP contribution in [0.1, 0.15) is 29.7 Å². The van der Waals surface area contributed by atoms with Crippen LogP contribution in [0.2, 0.25) is 0 Å². The molecule has 1 fully saturated rings. The van der Waals surface area contributed by atoms with E-state index in [0.29, 0.717) is 41.1 Å². The lowest BCUT2D eigenvalue weighted by Gasteiger charge is -2.19. The van der Waals surface area contributed by atoms with Crippen LogP contribution in [0.4, 0.5) is 24.5 Å². The van der Waals surface area contributed by atoms with E-state index in [9.17, 15) is 23.1 Å². The molecular weight excluding hydrogens is 529 g/mol. The molecule has 2 N–H and O–H groups in total. The number of aromatic nitrogens is 1. The Balaban J connectivity index is 1.42. The number of alkyl halides is 3. The van der Waals surface area contributed by atoms with Crippen LogP contribution in [-0.2, 0) is 16.4 Å². The van der Waals surface area contributed by atoms with Gasteiger partial charge in [0.1, 0.15) is 11.4 Å². The van der Waals surface area contributed by atoms with Gasteiger partial charge in [-0.3, -0.25) is 4.79 Å². The molecule has 41 heavy (non-hydrogen) atoms. The first-order chi connectivity index (χ1) is 19.7. The molecule has 4 aromatic carbocycles. The second kappa shape index (κ2) is 9.96. The minimum absolute atomic E-state index is 0.0639. The number of hydrogen-bond donors (Lipinski definition) is 2. The van der Waals surface area contributed by atoms with Gasteiger partial charge >= 0.3 is 12.1 Å². The van der Waals surface area contributed by atoms with E-state index in [-0.39, 0.29) is 11.3 Å². The summed E-state index contributed by atoms with van der Waals surface area (Å²) in [5, 5.41) is 16.7. The summed E-state index contributed by atoms with van der Waals surface area (Å²) in [6, 6.07) is 27.6. The van der Waals surface area contributed by atoms with Gasteiger partial charge in [-0.25, -0.2) is 0 Å². The first kappa shape index (κ1) is 26.4. The molecule has 0 radical (unpaired) electrons. The Morgan fingerprint density at radius 2 is 1.44 bits per heavy atom. The third-order valence-electron chi connectivity index (χ3n) is 7.63. The van der Waals surface area contributed by atoms with Crippen LogP contribution in [-0.4, -0.2) is 16.2 Å². The molecule has 1 aliphatic carbocycles. The van der Waals surface area contributed by atoms with E-state index in [1.807, 2.05) is 48.5 Å². The monoisotopic (exact) mass is 554 g/mol. The summed E-state index contributed by atoms with van der Waals surface area (Å²) >= 11 is 0. The molecule has 0 atom stereocenters. The van der Waals surface area contributed by atoms with Crippen LogP contribution in [0.25, 0.3) is 33.6 Å². The maximum Gasteiger partial charge on any atom is 0.419 e. The predicted molar refractivity (Wildman–Crippen MR) is 151 cm³/mol. The van der Waals surface area contributed by atoms with E-state index < -0.39 is 23.1 Å². The van der Waals surface area contributed by atoms with Crippen molar-refractivity contribution >= 4 is 17.3 Å². The predicted octanol–water partition coefficient (Wildman–Crippen LogP) is 8.86. The first-order valence-electron chi connectivity index (χ1n) is 13.1. The quantitative estimate of drug-likeness (QED) is 0.210. The third kappa shape index (κ3) is 4.75. The van der Waals surface area contributed by atoms with Gasteiger partial charge in [-0.1, -0.05) is 96.2 Å². The lowest BCUT2D eigenvalue weighted by molar-refractivity contribution is -0.140. The van der Waals surface area contributed by atoms with Crippen LogP contribution in [0.5, 0.6) is 0 Å². The van der Waals surface area contributed by atoms with Crippen molar-refractivity contribution in [3.63, 3.8) is 0 Å². The number of nitrogens with zero attached hydrogens (tertiary/aromatic N) is 1. The van der Waals surface area contributed by atoms with Gasteiger partial charge in [0.25, 0.3) is 0 Å². The number of anilines is 2. The van der Waals surface area contributed by atoms with Crippen molar-refractivity contribution in [1.82, 2.24) is 5.16 Å². The Hall–Kier alpha value is -4.85. The molecule has 6 rings (SSSR count). The lowest BCUT2D eigenvalue weighted by Crippen LogP contribution is -2.19. The number of aliphatic carboxylic acids is 1. The number of carboxylic acids is 1. The van der Waals surface area contributed by atoms with Crippen molar-refractivity contribution in [2.75, 3.05) is 5.32 Å². The average Bonchev–Trinajstić information content (AvgIpc) is 3.72. The van der Waals surface area contributed by atoms with E-state index >= 15 is 0 Å². The summed E-state index contributed by atoms with van der Waals surface area (Å²) in [6.07, 6.45) is -3.42. The van der Waals surface area contributed by atoms with E-state index in [1.54, 1.807) is 43.3 Å². The Morgan fingerprint density at radius 3 is 2.07 bits per heavy atom. The molecule has 0 bridgehead atoms. The molecule has 5 nitrogen and oxygen atoms in total. The fourth-order valence-corrected chi connectivity index (χ4v) is 5.31. The van der Waals surface area contributed by atoms with Gasteiger partial charge in [0.05, 0.1) is 16.7 Å². The van der Waals surface area contributed by atoms with Gasteiger partial charge in [-0.2, -0.15) is 13.2 Å². The lowest BCUT2D eigenvalue weighted by atomic mass is 9.92. The third-order valence-corrected chi connectivity index (χ3v) is 7.63. The normalized spacial score (nSPS) is 14.0. The molecule has 0 aliphatic heterocycles. The molecule has 1 saturated carbocycles. The highest BCUT2D eigenvalue weighted by atomic mass is 19.4. The van der Waals surface area contributed by atoms with E-state index in [2.05, 4.69) is 10.5 Å². The number of aryl methyl sites for hydroxylation is 1. The summed E-state index contributed by atoms with van der Waals surface area (Å²) in [4.78, 5) is 11.8. The van der Waals surface area contributed by atoms with E-state index in [0.717, 1.165) is 16.7 Å². The van der Waals surface area contributed by atoms with E-state index in [1.165, 1.54) is 12.1 Å². The molecular formula is C33H25F3N2O3. The van der Waals surface area contributed by atoms with Gasteiger partial charge in [-0.05, 0) is 53.6 Å². The molecule has 1 aliphatic rings. The maximum absolute atomic E-state index is 14.5.